The number of ether oxygens (including phenoxy) is 3. The number of hydrogen-bond donors (Lipinski definition) is 1. The molecule has 0 aliphatic heterocycles. The minimum Gasteiger partial charge on any atom is -0.497 e. The molecule has 0 unspecified atom stereocenters. The second kappa shape index (κ2) is 7.02. The predicted octanol–water partition coefficient (Wildman–Crippen LogP) is 4.26. The minimum atomic E-state index is 0.537. The molecule has 0 saturated heterocycles. The third-order valence-electron chi connectivity index (χ3n) is 3.98. The second-order valence-electron chi connectivity index (χ2n) is 5.43. The highest BCUT2D eigenvalue weighted by atomic mass is 16.5. The maximum absolute atomic E-state index is 9.67. The Morgan fingerprint density at radius 1 is 0.960 bits per heavy atom. The van der Waals surface area contributed by atoms with E-state index >= 15 is 0 Å². The molecule has 0 radical (unpaired) electrons. The normalized spacial score (nSPS) is 11.2. The smallest absolute Gasteiger partial charge is 0.123 e. The molecule has 0 bridgehead atoms. The molecular formula is C20H18N2O3. The summed E-state index contributed by atoms with van der Waals surface area (Å²) in [5.41, 5.74) is 3.12. The number of fused-ring (bicyclic) bond motifs is 1. The molecule has 126 valence electrons. The lowest BCUT2D eigenvalue weighted by atomic mass is 10.0. The molecule has 1 aromatic heterocycles. The van der Waals surface area contributed by atoms with Gasteiger partial charge in [0.1, 0.15) is 17.2 Å². The van der Waals surface area contributed by atoms with Crippen LogP contribution in [0.4, 0.5) is 0 Å². The molecule has 0 fully saturated rings. The lowest BCUT2D eigenvalue weighted by molar-refractivity contribution is 0.394. The van der Waals surface area contributed by atoms with Gasteiger partial charge >= 0.3 is 0 Å². The summed E-state index contributed by atoms with van der Waals surface area (Å²) in [6.07, 6.45) is 3.64. The van der Waals surface area contributed by atoms with Crippen molar-refractivity contribution in [1.29, 1.82) is 5.26 Å². The highest BCUT2D eigenvalue weighted by Gasteiger charge is 2.10. The standard InChI is InChI=1S/C20H18N2O3/c1-23-15-4-5-20-18(10-15)19(12-22-20)14(11-21)6-13-7-16(24-2)9-17(8-13)25-3/h4-10,12,22H,1-3H3/b14-6+. The highest BCUT2D eigenvalue weighted by molar-refractivity contribution is 6.01. The van der Waals surface area contributed by atoms with E-state index in [1.54, 1.807) is 27.4 Å². The Hall–Kier alpha value is -3.39. The molecule has 3 aromatic rings. The molecule has 0 amide bonds. The van der Waals surface area contributed by atoms with E-state index in [0.29, 0.717) is 17.1 Å². The number of aromatic amines is 1. The minimum absolute atomic E-state index is 0.537. The van der Waals surface area contributed by atoms with Gasteiger partial charge in [-0.05, 0) is 42.0 Å². The Morgan fingerprint density at radius 2 is 1.64 bits per heavy atom. The molecule has 0 spiro atoms. The van der Waals surface area contributed by atoms with Crippen LogP contribution in [-0.2, 0) is 0 Å². The summed E-state index contributed by atoms with van der Waals surface area (Å²) >= 11 is 0. The number of rotatable bonds is 5. The quantitative estimate of drug-likeness (QED) is 0.708. The second-order valence-corrected chi connectivity index (χ2v) is 5.43. The summed E-state index contributed by atoms with van der Waals surface area (Å²) in [6, 6.07) is 13.5. The van der Waals surface area contributed by atoms with E-state index in [-0.39, 0.29) is 0 Å². The van der Waals surface area contributed by atoms with E-state index in [1.165, 1.54) is 0 Å². The SMILES string of the molecule is COc1cc(/C=C(\C#N)c2c[nH]c3ccc(OC)cc23)cc(OC)c1. The van der Waals surface area contributed by atoms with Crippen LogP contribution in [-0.4, -0.2) is 26.3 Å². The van der Waals surface area contributed by atoms with Gasteiger partial charge in [-0.15, -0.1) is 0 Å². The molecule has 0 aliphatic carbocycles. The molecule has 5 nitrogen and oxygen atoms in total. The Bertz CT molecular complexity index is 958. The van der Waals surface area contributed by atoms with Gasteiger partial charge in [0.05, 0.1) is 33.0 Å². The third kappa shape index (κ3) is 3.29. The Balaban J connectivity index is 2.12. The zero-order valence-corrected chi connectivity index (χ0v) is 14.3. The average Bonchev–Trinajstić information content (AvgIpc) is 3.08. The number of allylic oxidation sites excluding steroid dienone is 1. The van der Waals surface area contributed by atoms with Crippen LogP contribution in [0.5, 0.6) is 17.2 Å². The van der Waals surface area contributed by atoms with Gasteiger partial charge in [0.25, 0.3) is 0 Å². The van der Waals surface area contributed by atoms with Gasteiger partial charge in [-0.3, -0.25) is 0 Å². The van der Waals surface area contributed by atoms with Gasteiger partial charge < -0.3 is 19.2 Å². The first-order valence-electron chi connectivity index (χ1n) is 7.69. The third-order valence-corrected chi connectivity index (χ3v) is 3.98. The summed E-state index contributed by atoms with van der Waals surface area (Å²) in [4.78, 5) is 3.19. The number of benzene rings is 2. The Kier molecular flexibility index (Phi) is 4.62. The van der Waals surface area contributed by atoms with Crippen molar-refractivity contribution in [3.05, 3.63) is 53.7 Å². The molecule has 1 heterocycles. The Morgan fingerprint density at radius 3 is 2.24 bits per heavy atom. The summed E-state index contributed by atoms with van der Waals surface area (Å²) in [5, 5.41) is 10.6. The maximum Gasteiger partial charge on any atom is 0.123 e. The van der Waals surface area contributed by atoms with Gasteiger partial charge in [-0.2, -0.15) is 5.26 Å². The van der Waals surface area contributed by atoms with E-state index in [1.807, 2.05) is 42.6 Å². The summed E-state index contributed by atoms with van der Waals surface area (Å²) in [6.45, 7) is 0. The molecule has 0 atom stereocenters. The van der Waals surface area contributed by atoms with E-state index in [4.69, 9.17) is 14.2 Å². The molecule has 25 heavy (non-hydrogen) atoms. The summed E-state index contributed by atoms with van der Waals surface area (Å²) in [5.74, 6) is 2.08. The fourth-order valence-electron chi connectivity index (χ4n) is 2.70. The van der Waals surface area contributed by atoms with Crippen LogP contribution in [0.3, 0.4) is 0 Å². The zero-order chi connectivity index (χ0) is 17.8. The van der Waals surface area contributed by atoms with Crippen molar-refractivity contribution in [1.82, 2.24) is 4.98 Å². The average molecular weight is 334 g/mol. The van der Waals surface area contributed by atoms with E-state index in [2.05, 4.69) is 11.1 Å². The van der Waals surface area contributed by atoms with Crippen LogP contribution in [0, 0.1) is 11.3 Å². The molecule has 0 saturated carbocycles. The van der Waals surface area contributed by atoms with Gasteiger partial charge in [0.2, 0.25) is 0 Å². The van der Waals surface area contributed by atoms with Crippen LogP contribution >= 0.6 is 0 Å². The predicted molar refractivity (Wildman–Crippen MR) is 97.9 cm³/mol. The first-order chi connectivity index (χ1) is 12.2. The maximum atomic E-state index is 9.67. The van der Waals surface area contributed by atoms with Crippen LogP contribution in [0.25, 0.3) is 22.6 Å². The van der Waals surface area contributed by atoms with Gasteiger partial charge in [0, 0.05) is 28.7 Å². The molecule has 3 rings (SSSR count). The number of nitriles is 1. The van der Waals surface area contributed by atoms with Crippen molar-refractivity contribution in [2.24, 2.45) is 0 Å². The molecule has 2 aromatic carbocycles. The molecule has 1 N–H and O–H groups in total. The monoisotopic (exact) mass is 334 g/mol. The van der Waals surface area contributed by atoms with Crippen molar-refractivity contribution in [3.63, 3.8) is 0 Å². The number of aromatic nitrogens is 1. The van der Waals surface area contributed by atoms with E-state index in [0.717, 1.165) is 27.8 Å². The molecule has 0 aliphatic rings. The van der Waals surface area contributed by atoms with Crippen molar-refractivity contribution in [3.8, 4) is 23.3 Å². The van der Waals surface area contributed by atoms with Gasteiger partial charge in [-0.1, -0.05) is 0 Å². The number of nitrogens with zero attached hydrogens (tertiary/aromatic N) is 1. The fourth-order valence-corrected chi connectivity index (χ4v) is 2.70. The largest absolute Gasteiger partial charge is 0.497 e. The zero-order valence-electron chi connectivity index (χ0n) is 14.3. The van der Waals surface area contributed by atoms with Crippen LogP contribution in [0.2, 0.25) is 0 Å². The number of methoxy groups -OCH3 is 3. The number of H-pyrrole nitrogens is 1. The lowest BCUT2D eigenvalue weighted by Gasteiger charge is -2.06. The van der Waals surface area contributed by atoms with Crippen LogP contribution in [0.1, 0.15) is 11.1 Å². The van der Waals surface area contributed by atoms with E-state index < -0.39 is 0 Å². The molecule has 5 heteroatoms. The lowest BCUT2D eigenvalue weighted by Crippen LogP contribution is -1.89. The first kappa shape index (κ1) is 16.5. The van der Waals surface area contributed by atoms with Gasteiger partial charge in [-0.25, -0.2) is 0 Å². The van der Waals surface area contributed by atoms with Crippen LogP contribution in [0.15, 0.2) is 42.6 Å². The summed E-state index contributed by atoms with van der Waals surface area (Å²) in [7, 11) is 4.82. The Labute approximate surface area is 146 Å². The summed E-state index contributed by atoms with van der Waals surface area (Å²) < 4.78 is 15.9. The van der Waals surface area contributed by atoms with Crippen molar-refractivity contribution >= 4 is 22.6 Å². The van der Waals surface area contributed by atoms with Crippen LogP contribution < -0.4 is 14.2 Å². The van der Waals surface area contributed by atoms with Crippen molar-refractivity contribution in [2.45, 2.75) is 0 Å². The van der Waals surface area contributed by atoms with Crippen molar-refractivity contribution in [2.75, 3.05) is 21.3 Å². The topological polar surface area (TPSA) is 67.3 Å². The van der Waals surface area contributed by atoms with Crippen molar-refractivity contribution < 1.29 is 14.2 Å². The fraction of sp³-hybridized carbons (Fsp3) is 0.150. The van der Waals surface area contributed by atoms with E-state index in [9.17, 15) is 5.26 Å². The first-order valence-corrected chi connectivity index (χ1v) is 7.69. The number of nitrogens with one attached hydrogen (secondary N) is 1. The highest BCUT2D eigenvalue weighted by Crippen LogP contribution is 2.31. The number of hydrogen-bond acceptors (Lipinski definition) is 4. The molecular weight excluding hydrogens is 316 g/mol. The van der Waals surface area contributed by atoms with Gasteiger partial charge in [0.15, 0.2) is 0 Å².